The first-order valence-electron chi connectivity index (χ1n) is 16.1. The second-order valence-electron chi connectivity index (χ2n) is 12.1. The molecule has 2 N–H and O–H groups in total. The van der Waals surface area contributed by atoms with Crippen LogP contribution in [0.25, 0.3) is 43.6 Å². The van der Waals surface area contributed by atoms with Gasteiger partial charge in [0.15, 0.2) is 32.6 Å². The highest BCUT2D eigenvalue weighted by Gasteiger charge is 2.37. The first kappa shape index (κ1) is 42.8. The molecule has 3 aromatic carbocycles. The van der Waals surface area contributed by atoms with Crippen LogP contribution in [0.1, 0.15) is 21.0 Å². The Balaban J connectivity index is 0.000000339. The summed E-state index contributed by atoms with van der Waals surface area (Å²) < 4.78 is 122. The quantitative estimate of drug-likeness (QED) is 0.0764. The number of halogens is 6. The van der Waals surface area contributed by atoms with Crippen molar-refractivity contribution >= 4 is 87.0 Å². The van der Waals surface area contributed by atoms with Gasteiger partial charge in [-0.15, -0.1) is 0 Å². The van der Waals surface area contributed by atoms with E-state index in [-0.39, 0.29) is 23.2 Å². The number of amides is 2. The number of fused-ring (bicyclic) bond motifs is 5. The maximum atomic E-state index is 13.3. The predicted molar refractivity (Wildman–Crippen MR) is 195 cm³/mol. The fourth-order valence-electron chi connectivity index (χ4n) is 5.38. The third kappa shape index (κ3) is 9.95. The van der Waals surface area contributed by atoms with Gasteiger partial charge >= 0.3 is 11.0 Å². The molecule has 58 heavy (non-hydrogen) atoms. The van der Waals surface area contributed by atoms with Crippen molar-refractivity contribution in [1.29, 1.82) is 0 Å². The molecule has 302 valence electrons. The molecular weight excluding hydrogens is 823 g/mol. The minimum Gasteiger partial charge on any atom is -0.741 e. The monoisotopic (exact) mass is 848 g/mol. The second-order valence-corrected chi connectivity index (χ2v) is 14.8. The molecule has 7 rings (SSSR count). The third-order valence-corrected chi connectivity index (χ3v) is 9.12. The van der Waals surface area contributed by atoms with Crippen LogP contribution in [0.15, 0.2) is 109 Å². The molecule has 0 unspecified atom stereocenters. The highest BCUT2D eigenvalue weighted by Crippen LogP contribution is 2.25. The number of anilines is 2. The van der Waals surface area contributed by atoms with Crippen LogP contribution in [0, 0.1) is 0 Å². The molecule has 2 amide bonds. The minimum absolute atomic E-state index is 0.256. The number of nitrogens with one attached hydrogen (secondary N) is 2. The number of hydrogen-bond acceptors (Lipinski definition) is 10. The summed E-state index contributed by atoms with van der Waals surface area (Å²) in [5, 5.41) is 9.62. The molecule has 0 radical (unpaired) electrons. The average molecular weight is 849 g/mol. The van der Waals surface area contributed by atoms with E-state index in [2.05, 4.69) is 10.6 Å². The maximum Gasteiger partial charge on any atom is 0.485 e. The number of alkyl halides is 6. The molecule has 0 bridgehead atoms. The molecule has 0 atom stereocenters. The number of hydrogen-bond donors (Lipinski definition) is 2. The summed E-state index contributed by atoms with van der Waals surface area (Å²) in [6.07, 6.45) is 3.75. The van der Waals surface area contributed by atoms with Gasteiger partial charge in [-0.2, -0.15) is 35.5 Å². The summed E-state index contributed by atoms with van der Waals surface area (Å²) in [5.41, 5.74) is -6.22. The maximum absolute atomic E-state index is 13.3. The van der Waals surface area contributed by atoms with Crippen LogP contribution < -0.4 is 19.8 Å². The van der Waals surface area contributed by atoms with Crippen molar-refractivity contribution in [2.75, 3.05) is 10.6 Å². The van der Waals surface area contributed by atoms with Crippen LogP contribution in [0.4, 0.5) is 37.7 Å². The Hall–Kier alpha value is -6.36. The number of nitrogens with zero attached hydrogens (tertiary/aromatic N) is 4. The van der Waals surface area contributed by atoms with E-state index in [1.54, 1.807) is 12.1 Å². The summed E-state index contributed by atoms with van der Waals surface area (Å²) >= 11 is 0. The van der Waals surface area contributed by atoms with Crippen molar-refractivity contribution in [3.05, 3.63) is 121 Å². The van der Waals surface area contributed by atoms with Crippen LogP contribution in [-0.4, -0.2) is 58.7 Å². The second kappa shape index (κ2) is 16.2. The van der Waals surface area contributed by atoms with Gasteiger partial charge in [0.2, 0.25) is 11.0 Å². The highest BCUT2D eigenvalue weighted by molar-refractivity contribution is 7.86. The van der Waals surface area contributed by atoms with E-state index in [0.717, 1.165) is 32.6 Å². The molecule has 0 saturated heterocycles. The van der Waals surface area contributed by atoms with Gasteiger partial charge in [-0.3, -0.25) is 9.59 Å². The van der Waals surface area contributed by atoms with E-state index in [1.165, 1.54) is 0 Å². The molecule has 0 spiro atoms. The van der Waals surface area contributed by atoms with Crippen molar-refractivity contribution in [2.24, 2.45) is 14.1 Å². The van der Waals surface area contributed by atoms with Gasteiger partial charge in [-0.05, 0) is 36.4 Å². The zero-order valence-corrected chi connectivity index (χ0v) is 31.2. The first-order chi connectivity index (χ1) is 26.9. The number of pyridine rings is 4. The van der Waals surface area contributed by atoms with E-state index >= 15 is 0 Å². The Labute approximate surface area is 323 Å². The van der Waals surface area contributed by atoms with Gasteiger partial charge in [0.1, 0.15) is 36.9 Å². The lowest BCUT2D eigenvalue weighted by Gasteiger charge is -2.09. The zero-order chi connectivity index (χ0) is 42.8. The predicted octanol–water partition coefficient (Wildman–Crippen LogP) is 5.35. The van der Waals surface area contributed by atoms with E-state index in [1.807, 2.05) is 121 Å². The number of carbonyl (C=O) groups is 2. The average Bonchev–Trinajstić information content (AvgIpc) is 3.13. The van der Waals surface area contributed by atoms with Crippen molar-refractivity contribution in [3.63, 3.8) is 0 Å². The Morgan fingerprint density at radius 1 is 0.552 bits per heavy atom. The molecule has 7 aromatic rings. The highest BCUT2D eigenvalue weighted by atomic mass is 32.2. The van der Waals surface area contributed by atoms with Crippen molar-refractivity contribution in [1.82, 2.24) is 9.97 Å². The van der Waals surface area contributed by atoms with Gasteiger partial charge in [0.05, 0.1) is 11.0 Å². The molecule has 0 aliphatic carbocycles. The molecule has 0 saturated carbocycles. The van der Waals surface area contributed by atoms with E-state index in [4.69, 9.17) is 35.9 Å². The van der Waals surface area contributed by atoms with Crippen LogP contribution in [-0.2, 0) is 34.3 Å². The van der Waals surface area contributed by atoms with Crippen LogP contribution in [0.5, 0.6) is 0 Å². The Kier molecular flexibility index (Phi) is 12.0. The topological polar surface area (TPSA) is 206 Å². The minimum atomic E-state index is -6.09. The van der Waals surface area contributed by atoms with Gasteiger partial charge in [-0.25, -0.2) is 26.8 Å². The lowest BCUT2D eigenvalue weighted by Crippen LogP contribution is -2.29. The number of aromatic nitrogens is 4. The van der Waals surface area contributed by atoms with Gasteiger partial charge in [0.25, 0.3) is 11.8 Å². The summed E-state index contributed by atoms with van der Waals surface area (Å²) in [6.45, 7) is 0. The number of para-hydroxylation sites is 2. The number of carbonyl (C=O) groups excluding carboxylic acids is 2. The van der Waals surface area contributed by atoms with Gasteiger partial charge in [-0.1, -0.05) is 48.5 Å². The molecule has 0 aliphatic heterocycles. The molecule has 0 fully saturated rings. The summed E-state index contributed by atoms with van der Waals surface area (Å²) in [4.78, 5) is 35.9. The fourth-order valence-corrected chi connectivity index (χ4v) is 5.38. The Morgan fingerprint density at radius 3 is 1.19 bits per heavy atom. The van der Waals surface area contributed by atoms with Crippen LogP contribution >= 0.6 is 0 Å². The molecule has 0 aliphatic rings. The molecular formula is C36H26F6N6O8S2. The van der Waals surface area contributed by atoms with Crippen LogP contribution in [0.2, 0.25) is 0 Å². The molecule has 4 aromatic heterocycles. The molecule has 4 heterocycles. The number of benzene rings is 3. The smallest absolute Gasteiger partial charge is 0.485 e. The van der Waals surface area contributed by atoms with Gasteiger partial charge < -0.3 is 19.7 Å². The zero-order valence-electron chi connectivity index (χ0n) is 29.5. The van der Waals surface area contributed by atoms with Crippen molar-refractivity contribution in [3.8, 4) is 0 Å². The van der Waals surface area contributed by atoms with E-state index in [9.17, 15) is 35.9 Å². The summed E-state index contributed by atoms with van der Waals surface area (Å²) in [6, 6.07) is 30.8. The Morgan fingerprint density at radius 2 is 0.862 bits per heavy atom. The van der Waals surface area contributed by atoms with Crippen molar-refractivity contribution in [2.45, 2.75) is 11.0 Å². The SMILES string of the molecule is C[n+]1cc(NC(=O)c2ccc3ccc4ccc(C(=O)Nc5cc6ccccc6[n+](C)c5)nc4c3n2)cc2ccccc21.O=S(=O)([O-])C(F)(F)F.O=S(=O)([O-])C(F)(F)F. The lowest BCUT2D eigenvalue weighted by molar-refractivity contribution is -0.644. The third-order valence-electron chi connectivity index (χ3n) is 7.99. The largest absolute Gasteiger partial charge is 0.741 e. The number of rotatable bonds is 4. The summed E-state index contributed by atoms with van der Waals surface area (Å²) in [5.74, 6) is -0.662. The molecule has 22 heteroatoms. The normalized spacial score (nSPS) is 12.0. The first-order valence-corrected chi connectivity index (χ1v) is 18.9. The van der Waals surface area contributed by atoms with Crippen molar-refractivity contribution < 1.29 is 71.0 Å². The lowest BCUT2D eigenvalue weighted by atomic mass is 10.1. The standard InChI is InChI=1S/C34H24N6O2.2CHF3O3S/c1-39-19-25(17-23-7-3-5-9-29(23)39)35-33(41)27-15-13-21-11-12-22-14-16-28(38-32(22)31(21)37-27)34(42)36-26-18-24-8-4-6-10-30(24)40(2)20-26;2*2-1(3,4)8(5,6)7/h3-20H,1-2H3;2*(H,5,6,7). The fraction of sp³-hybridized carbons (Fsp3) is 0.111. The number of aryl methyl sites for hydroxylation is 2. The van der Waals surface area contributed by atoms with E-state index in [0.29, 0.717) is 22.4 Å². The molecule has 14 nitrogen and oxygen atoms in total. The summed E-state index contributed by atoms with van der Waals surface area (Å²) in [7, 11) is -8.30. The Bertz CT molecular complexity index is 2770. The van der Waals surface area contributed by atoms with Crippen LogP contribution in [0.3, 0.4) is 0 Å². The van der Waals surface area contributed by atoms with Gasteiger partial charge in [0, 0.05) is 33.7 Å². The van der Waals surface area contributed by atoms with E-state index < -0.39 is 31.3 Å².